The second-order valence-corrected chi connectivity index (χ2v) is 6.75. The molecule has 0 unspecified atom stereocenters. The van der Waals surface area contributed by atoms with E-state index in [-0.39, 0.29) is 12.4 Å². The van der Waals surface area contributed by atoms with Gasteiger partial charge in [0, 0.05) is 0 Å². The van der Waals surface area contributed by atoms with E-state index in [2.05, 4.69) is 11.5 Å². The summed E-state index contributed by atoms with van der Waals surface area (Å²) in [5.41, 5.74) is 1.68. The number of aryl methyl sites for hydroxylation is 2. The Balaban J connectivity index is 2.16. The molecule has 150 valence electrons. The van der Waals surface area contributed by atoms with Gasteiger partial charge < -0.3 is 0 Å². The zero-order valence-electron chi connectivity index (χ0n) is 16.8. The van der Waals surface area contributed by atoms with Crippen molar-refractivity contribution < 1.29 is 9.53 Å². The molecule has 0 aliphatic heterocycles. The summed E-state index contributed by atoms with van der Waals surface area (Å²) >= 11 is 0. The Labute approximate surface area is 168 Å². The van der Waals surface area contributed by atoms with Crippen molar-refractivity contribution in [3.05, 3.63) is 56.5 Å². The van der Waals surface area contributed by atoms with Gasteiger partial charge >= 0.3 is 168 Å². The first kappa shape index (κ1) is 20.5. The topological polar surface area (TPSA) is 88.1 Å². The maximum absolute atomic E-state index is 12.9. The number of nitrogens with zero attached hydrogens (tertiary/aromatic N) is 4. The number of carbonyl (C=O) groups excluding carboxylic acids is 1. The minimum absolute atomic E-state index is 0.137. The molecule has 9 heteroatoms. The molecule has 0 N–H and O–H groups in total. The number of benzene rings is 1. The molecule has 2 aromatic heterocycles. The van der Waals surface area contributed by atoms with E-state index < -0.39 is 11.2 Å². The van der Waals surface area contributed by atoms with E-state index in [1.54, 1.807) is 25.5 Å². The summed E-state index contributed by atoms with van der Waals surface area (Å²) < 4.78 is 9.19. The van der Waals surface area contributed by atoms with Crippen LogP contribution in [0.1, 0.15) is 24.7 Å². The monoisotopic (exact) mass is 394 g/mol. The SMILES string of the molecule is C=Bc1cccc(Cn2c(CCC(=O)OCC)nc3c2c(=O)n(C)c(=O)n3C)c1. The van der Waals surface area contributed by atoms with E-state index in [1.807, 2.05) is 24.3 Å². The number of hydrogen-bond acceptors (Lipinski definition) is 5. The van der Waals surface area contributed by atoms with Crippen LogP contribution >= 0.6 is 0 Å². The van der Waals surface area contributed by atoms with Crippen LogP contribution in [0.3, 0.4) is 0 Å². The third kappa shape index (κ3) is 3.99. The van der Waals surface area contributed by atoms with Crippen molar-refractivity contribution in [1.82, 2.24) is 18.7 Å². The number of carbonyl (C=O) groups is 1. The molecule has 0 radical (unpaired) electrons. The molecule has 0 aliphatic carbocycles. The Bertz CT molecular complexity index is 1210. The van der Waals surface area contributed by atoms with E-state index in [9.17, 15) is 14.4 Å². The van der Waals surface area contributed by atoms with Crippen LogP contribution in [0.2, 0.25) is 0 Å². The standard InChI is InChI=1S/C20H23BN4O4/c1-5-29-16(26)10-9-15-22-18-17(19(27)24(4)20(28)23(18)3)25(15)12-13-7-6-8-14(11-13)21-2/h6-8,11H,2,5,9-10,12H2,1,3-4H3. The summed E-state index contributed by atoms with van der Waals surface area (Å²) in [5.74, 6) is 0.219. The predicted octanol–water partition coefficient (Wildman–Crippen LogP) is -0.261. The van der Waals surface area contributed by atoms with E-state index in [0.717, 1.165) is 15.6 Å². The van der Waals surface area contributed by atoms with Gasteiger partial charge in [0.1, 0.15) is 0 Å². The van der Waals surface area contributed by atoms with Gasteiger partial charge in [0.05, 0.1) is 0 Å². The van der Waals surface area contributed by atoms with Crippen molar-refractivity contribution in [3.63, 3.8) is 0 Å². The van der Waals surface area contributed by atoms with Crippen molar-refractivity contribution in [2.45, 2.75) is 26.3 Å². The fraction of sp³-hybridized carbons (Fsp3) is 0.350. The molecule has 3 rings (SSSR count). The van der Waals surface area contributed by atoms with Crippen molar-refractivity contribution in [2.75, 3.05) is 6.61 Å². The molecule has 0 bridgehead atoms. The van der Waals surface area contributed by atoms with E-state index in [1.165, 1.54) is 11.6 Å². The summed E-state index contributed by atoms with van der Waals surface area (Å²) in [6.07, 6.45) is 0.435. The van der Waals surface area contributed by atoms with E-state index in [0.29, 0.717) is 36.6 Å². The van der Waals surface area contributed by atoms with Crippen LogP contribution in [0.4, 0.5) is 0 Å². The molecular formula is C20H23BN4O4. The number of hydrogen-bond donors (Lipinski definition) is 0. The average molecular weight is 394 g/mol. The fourth-order valence-corrected chi connectivity index (χ4v) is 3.30. The van der Waals surface area contributed by atoms with Crippen LogP contribution in [0, 0.1) is 0 Å². The molecule has 0 amide bonds. The van der Waals surface area contributed by atoms with Gasteiger partial charge in [-0.3, -0.25) is 0 Å². The molecule has 0 saturated heterocycles. The quantitative estimate of drug-likeness (QED) is 0.407. The normalized spacial score (nSPS) is 10.9. The molecule has 3 aromatic rings. The summed E-state index contributed by atoms with van der Waals surface area (Å²) in [6.45, 7) is 7.97. The van der Waals surface area contributed by atoms with Gasteiger partial charge in [-0.2, -0.15) is 0 Å². The average Bonchev–Trinajstić information content (AvgIpc) is 3.08. The third-order valence-corrected chi connectivity index (χ3v) is 4.81. The Morgan fingerprint density at radius 1 is 1.24 bits per heavy atom. The molecular weight excluding hydrogens is 371 g/mol. The maximum atomic E-state index is 12.9. The zero-order valence-corrected chi connectivity index (χ0v) is 16.8. The number of imidazole rings is 1. The van der Waals surface area contributed by atoms with Gasteiger partial charge in [-0.05, 0) is 0 Å². The van der Waals surface area contributed by atoms with Gasteiger partial charge in [-0.1, -0.05) is 0 Å². The number of aromatic nitrogens is 4. The van der Waals surface area contributed by atoms with Gasteiger partial charge in [-0.25, -0.2) is 0 Å². The molecule has 0 atom stereocenters. The first-order valence-electron chi connectivity index (χ1n) is 9.39. The number of ether oxygens (including phenoxy) is 1. The van der Waals surface area contributed by atoms with Crippen LogP contribution in [0.25, 0.3) is 11.2 Å². The van der Waals surface area contributed by atoms with Crippen LogP contribution in [0.15, 0.2) is 33.9 Å². The van der Waals surface area contributed by atoms with Crippen LogP contribution in [0.5, 0.6) is 0 Å². The Morgan fingerprint density at radius 3 is 2.69 bits per heavy atom. The van der Waals surface area contributed by atoms with Crippen LogP contribution in [-0.4, -0.2) is 44.7 Å². The molecule has 8 nitrogen and oxygen atoms in total. The van der Waals surface area contributed by atoms with Crippen molar-refractivity contribution in [1.29, 1.82) is 0 Å². The Kier molecular flexibility index (Phi) is 5.96. The van der Waals surface area contributed by atoms with Crippen molar-refractivity contribution in [3.8, 4) is 0 Å². The molecule has 29 heavy (non-hydrogen) atoms. The second-order valence-electron chi connectivity index (χ2n) is 6.75. The summed E-state index contributed by atoms with van der Waals surface area (Å²) in [6, 6.07) is 7.77. The third-order valence-electron chi connectivity index (χ3n) is 4.81. The van der Waals surface area contributed by atoms with Gasteiger partial charge in [0.25, 0.3) is 0 Å². The van der Waals surface area contributed by atoms with E-state index >= 15 is 0 Å². The molecule has 0 fully saturated rings. The van der Waals surface area contributed by atoms with E-state index in [4.69, 9.17) is 4.74 Å². The number of fused-ring (bicyclic) bond motifs is 1. The molecule has 1 aromatic carbocycles. The van der Waals surface area contributed by atoms with Crippen molar-refractivity contribution in [2.24, 2.45) is 14.1 Å². The van der Waals surface area contributed by atoms with Crippen LogP contribution in [-0.2, 0) is 36.6 Å². The molecule has 0 spiro atoms. The second kappa shape index (κ2) is 8.42. The van der Waals surface area contributed by atoms with Gasteiger partial charge in [0.15, 0.2) is 0 Å². The van der Waals surface area contributed by atoms with Gasteiger partial charge in [-0.15, -0.1) is 0 Å². The Hall–Kier alpha value is -3.23. The van der Waals surface area contributed by atoms with Crippen LogP contribution < -0.4 is 16.7 Å². The summed E-state index contributed by atoms with van der Waals surface area (Å²) in [4.78, 5) is 41.5. The van der Waals surface area contributed by atoms with Crippen molar-refractivity contribution >= 4 is 36.0 Å². The van der Waals surface area contributed by atoms with Gasteiger partial charge in [0.2, 0.25) is 0 Å². The zero-order chi connectivity index (χ0) is 21.1. The molecule has 2 heterocycles. The molecule has 0 saturated carbocycles. The first-order chi connectivity index (χ1) is 13.9. The first-order valence-corrected chi connectivity index (χ1v) is 9.39. The Morgan fingerprint density at radius 2 is 2.00 bits per heavy atom. The number of rotatable bonds is 7. The fourth-order valence-electron chi connectivity index (χ4n) is 3.30. The minimum atomic E-state index is -0.447. The number of esters is 1. The molecule has 0 aliphatic rings. The predicted molar refractivity (Wildman–Crippen MR) is 113 cm³/mol. The summed E-state index contributed by atoms with van der Waals surface area (Å²) in [5, 5.41) is 0. The summed E-state index contributed by atoms with van der Waals surface area (Å²) in [7, 11) is 3.02.